The number of aromatic amines is 1. The molecule has 0 spiro atoms. The third kappa shape index (κ3) is 3.23. The topological polar surface area (TPSA) is 28.7 Å². The first-order valence-corrected chi connectivity index (χ1v) is 7.81. The molecule has 0 fully saturated rings. The van der Waals surface area contributed by atoms with Crippen molar-refractivity contribution >= 4 is 35.4 Å². The van der Waals surface area contributed by atoms with Crippen LogP contribution in [0.3, 0.4) is 0 Å². The summed E-state index contributed by atoms with van der Waals surface area (Å²) in [5, 5.41) is 1.01. The van der Waals surface area contributed by atoms with Gasteiger partial charge in [-0.1, -0.05) is 44.7 Å². The van der Waals surface area contributed by atoms with E-state index in [0.717, 1.165) is 27.7 Å². The lowest BCUT2D eigenvalue weighted by Crippen LogP contribution is -2.24. The number of fused-ring (bicyclic) bond motifs is 1. The zero-order chi connectivity index (χ0) is 13.2. The monoisotopic (exact) mass is 280 g/mol. The van der Waals surface area contributed by atoms with Crippen molar-refractivity contribution in [3.05, 3.63) is 24.3 Å². The summed E-state index contributed by atoms with van der Waals surface area (Å²) in [6.45, 7) is 6.81. The van der Waals surface area contributed by atoms with Crippen LogP contribution in [0.1, 0.15) is 20.8 Å². The largest absolute Gasteiger partial charge is 0.333 e. The molecule has 1 unspecified atom stereocenters. The van der Waals surface area contributed by atoms with Gasteiger partial charge in [-0.15, -0.1) is 0 Å². The van der Waals surface area contributed by atoms with Crippen LogP contribution in [-0.2, 0) is 0 Å². The number of hydrogen-bond donors (Lipinski definition) is 2. The van der Waals surface area contributed by atoms with E-state index in [1.54, 1.807) is 11.8 Å². The van der Waals surface area contributed by atoms with Crippen molar-refractivity contribution in [2.24, 2.45) is 11.3 Å². The standard InChI is InChI=1S/C14H20N2S2/c1-14(2,3)10(8-17)9-18-13-15-11-6-4-5-7-12(11)16-13/h4-7,10,17H,8-9H2,1-3H3,(H,15,16). The second-order valence-electron chi connectivity index (χ2n) is 5.62. The molecule has 1 N–H and O–H groups in total. The smallest absolute Gasteiger partial charge is 0.166 e. The number of H-pyrrole nitrogens is 1. The first-order chi connectivity index (χ1) is 8.50. The van der Waals surface area contributed by atoms with E-state index < -0.39 is 0 Å². The van der Waals surface area contributed by atoms with Crippen LogP contribution in [0.5, 0.6) is 0 Å². The predicted octanol–water partition coefficient (Wildman–Crippen LogP) is 4.25. The Morgan fingerprint density at radius 2 is 2.06 bits per heavy atom. The van der Waals surface area contributed by atoms with E-state index >= 15 is 0 Å². The minimum atomic E-state index is 0.292. The summed E-state index contributed by atoms with van der Waals surface area (Å²) in [6.07, 6.45) is 0. The van der Waals surface area contributed by atoms with E-state index in [2.05, 4.69) is 49.4 Å². The zero-order valence-electron chi connectivity index (χ0n) is 11.1. The molecule has 1 aromatic carbocycles. The second-order valence-corrected chi connectivity index (χ2v) is 6.99. The average molecular weight is 280 g/mol. The van der Waals surface area contributed by atoms with Gasteiger partial charge in [0.15, 0.2) is 5.16 Å². The highest BCUT2D eigenvalue weighted by Crippen LogP contribution is 2.32. The maximum Gasteiger partial charge on any atom is 0.166 e. The molecule has 0 aliphatic rings. The minimum Gasteiger partial charge on any atom is -0.333 e. The van der Waals surface area contributed by atoms with Crippen LogP contribution in [0.2, 0.25) is 0 Å². The van der Waals surface area contributed by atoms with E-state index in [-0.39, 0.29) is 0 Å². The Balaban J connectivity index is 2.05. The van der Waals surface area contributed by atoms with Gasteiger partial charge in [-0.05, 0) is 29.2 Å². The highest BCUT2D eigenvalue weighted by atomic mass is 32.2. The van der Waals surface area contributed by atoms with E-state index in [1.165, 1.54) is 0 Å². The molecule has 1 heterocycles. The van der Waals surface area contributed by atoms with Gasteiger partial charge < -0.3 is 4.98 Å². The lowest BCUT2D eigenvalue weighted by Gasteiger charge is -2.28. The zero-order valence-corrected chi connectivity index (χ0v) is 12.8. The van der Waals surface area contributed by atoms with Crippen LogP contribution in [0.25, 0.3) is 11.0 Å². The number of hydrogen-bond acceptors (Lipinski definition) is 3. The van der Waals surface area contributed by atoms with Gasteiger partial charge in [0.05, 0.1) is 11.0 Å². The summed E-state index contributed by atoms with van der Waals surface area (Å²) in [4.78, 5) is 7.94. The quantitative estimate of drug-likeness (QED) is 0.647. The number of imidazole rings is 1. The van der Waals surface area contributed by atoms with Gasteiger partial charge in [-0.25, -0.2) is 4.98 Å². The van der Waals surface area contributed by atoms with Gasteiger partial charge >= 0.3 is 0 Å². The summed E-state index contributed by atoms with van der Waals surface area (Å²) in [5.74, 6) is 2.54. The predicted molar refractivity (Wildman–Crippen MR) is 83.6 cm³/mol. The molecule has 2 nitrogen and oxygen atoms in total. The summed E-state index contributed by atoms with van der Waals surface area (Å²) >= 11 is 6.25. The number of nitrogens with zero attached hydrogens (tertiary/aromatic N) is 1. The molecule has 0 amide bonds. The molecule has 1 aromatic heterocycles. The van der Waals surface area contributed by atoms with Crippen molar-refractivity contribution < 1.29 is 0 Å². The molecular weight excluding hydrogens is 260 g/mol. The molecule has 0 aliphatic heterocycles. The first kappa shape index (κ1) is 13.8. The van der Waals surface area contributed by atoms with Crippen LogP contribution in [0.4, 0.5) is 0 Å². The third-order valence-corrected chi connectivity index (χ3v) is 4.71. The van der Waals surface area contributed by atoms with Gasteiger partial charge in [0, 0.05) is 5.75 Å². The van der Waals surface area contributed by atoms with E-state index in [1.807, 2.05) is 18.2 Å². The van der Waals surface area contributed by atoms with Gasteiger partial charge in [0.1, 0.15) is 0 Å². The minimum absolute atomic E-state index is 0.292. The van der Waals surface area contributed by atoms with E-state index in [9.17, 15) is 0 Å². The number of aromatic nitrogens is 2. The van der Waals surface area contributed by atoms with Crippen LogP contribution in [0, 0.1) is 11.3 Å². The Kier molecular flexibility index (Phi) is 4.28. The Morgan fingerprint density at radius 3 is 2.67 bits per heavy atom. The Morgan fingerprint density at radius 1 is 1.33 bits per heavy atom. The molecule has 4 heteroatoms. The van der Waals surface area contributed by atoms with Crippen molar-refractivity contribution in [2.75, 3.05) is 11.5 Å². The molecule has 1 atom stereocenters. The highest BCUT2D eigenvalue weighted by molar-refractivity contribution is 7.99. The summed E-state index contributed by atoms with van der Waals surface area (Å²) in [5.41, 5.74) is 2.44. The fourth-order valence-corrected chi connectivity index (χ4v) is 3.93. The molecule has 2 aromatic rings. The summed E-state index contributed by atoms with van der Waals surface area (Å²) in [6, 6.07) is 8.14. The first-order valence-electron chi connectivity index (χ1n) is 6.19. The molecule has 0 bridgehead atoms. The molecule has 18 heavy (non-hydrogen) atoms. The van der Waals surface area contributed by atoms with Crippen LogP contribution < -0.4 is 0 Å². The number of thiol groups is 1. The Hall–Kier alpha value is -0.610. The maximum atomic E-state index is 4.58. The lowest BCUT2D eigenvalue weighted by atomic mass is 9.83. The fraction of sp³-hybridized carbons (Fsp3) is 0.500. The van der Waals surface area contributed by atoms with Gasteiger partial charge in [-0.3, -0.25) is 0 Å². The molecule has 0 saturated carbocycles. The van der Waals surface area contributed by atoms with Crippen molar-refractivity contribution in [3.8, 4) is 0 Å². The highest BCUT2D eigenvalue weighted by Gasteiger charge is 2.23. The molecule has 0 radical (unpaired) electrons. The summed E-state index contributed by atoms with van der Waals surface area (Å²) in [7, 11) is 0. The Bertz CT molecular complexity index is 481. The van der Waals surface area contributed by atoms with E-state index in [0.29, 0.717) is 11.3 Å². The Labute approximate surface area is 118 Å². The molecule has 0 saturated heterocycles. The molecule has 0 aliphatic carbocycles. The number of thioether (sulfide) groups is 1. The maximum absolute atomic E-state index is 4.58. The van der Waals surface area contributed by atoms with E-state index in [4.69, 9.17) is 0 Å². The normalized spacial score (nSPS) is 14.0. The average Bonchev–Trinajstić information content (AvgIpc) is 2.70. The number of rotatable bonds is 4. The lowest BCUT2D eigenvalue weighted by molar-refractivity contribution is 0.294. The van der Waals surface area contributed by atoms with Gasteiger partial charge in [0.2, 0.25) is 0 Å². The number of nitrogens with one attached hydrogen (secondary N) is 1. The van der Waals surface area contributed by atoms with Gasteiger partial charge in [0.25, 0.3) is 0 Å². The number of para-hydroxylation sites is 2. The second kappa shape index (κ2) is 5.57. The third-order valence-electron chi connectivity index (χ3n) is 3.23. The van der Waals surface area contributed by atoms with Crippen molar-refractivity contribution in [2.45, 2.75) is 25.9 Å². The van der Waals surface area contributed by atoms with Gasteiger partial charge in [-0.2, -0.15) is 12.6 Å². The summed E-state index contributed by atoms with van der Waals surface area (Å²) < 4.78 is 0. The number of benzene rings is 1. The van der Waals surface area contributed by atoms with Crippen LogP contribution in [-0.4, -0.2) is 21.5 Å². The fourth-order valence-electron chi connectivity index (χ4n) is 1.75. The van der Waals surface area contributed by atoms with Crippen molar-refractivity contribution in [3.63, 3.8) is 0 Å². The molecule has 98 valence electrons. The van der Waals surface area contributed by atoms with Crippen LogP contribution >= 0.6 is 24.4 Å². The SMILES string of the molecule is CC(C)(C)C(CS)CSc1nc2ccccc2[nH]1. The van der Waals surface area contributed by atoms with Crippen LogP contribution in [0.15, 0.2) is 29.4 Å². The molecular formula is C14H20N2S2. The van der Waals surface area contributed by atoms with Crippen molar-refractivity contribution in [1.29, 1.82) is 0 Å². The van der Waals surface area contributed by atoms with Crippen molar-refractivity contribution in [1.82, 2.24) is 9.97 Å². The molecule has 2 rings (SSSR count).